The normalized spacial score (nSPS) is 13.7. The Bertz CT molecular complexity index is 392. The van der Waals surface area contributed by atoms with E-state index in [4.69, 9.17) is 22.1 Å². The van der Waals surface area contributed by atoms with E-state index in [-0.39, 0.29) is 16.3 Å². The lowest BCUT2D eigenvalue weighted by atomic mass is 10.0. The zero-order valence-electron chi connectivity index (χ0n) is 8.73. The smallest absolute Gasteiger partial charge is 0.407 e. The molecule has 0 amide bonds. The third-order valence-corrected chi connectivity index (χ3v) is 2.61. The van der Waals surface area contributed by atoms with Gasteiger partial charge in [0.25, 0.3) is 0 Å². The number of hydrogen-bond acceptors (Lipinski definition) is 2. The molecule has 6 heteroatoms. The predicted octanol–water partition coefficient (Wildman–Crippen LogP) is 3.22. The first-order valence-corrected chi connectivity index (χ1v) is 4.81. The highest BCUT2D eigenvalue weighted by Gasteiger charge is 2.39. The first kappa shape index (κ1) is 13.1. The van der Waals surface area contributed by atoms with Gasteiger partial charge >= 0.3 is 6.18 Å². The van der Waals surface area contributed by atoms with Crippen LogP contribution >= 0.6 is 11.6 Å². The zero-order chi connectivity index (χ0) is 12.5. The topological polar surface area (TPSA) is 35.2 Å². The van der Waals surface area contributed by atoms with Crippen molar-refractivity contribution in [1.82, 2.24) is 0 Å². The molecule has 0 radical (unpaired) electrons. The van der Waals surface area contributed by atoms with Crippen LogP contribution in [0.15, 0.2) is 12.1 Å². The van der Waals surface area contributed by atoms with Crippen LogP contribution in [0.1, 0.15) is 17.2 Å². The Kier molecular flexibility index (Phi) is 3.70. The van der Waals surface area contributed by atoms with Crippen molar-refractivity contribution < 1.29 is 17.9 Å². The molecular formula is C10H11ClF3NO. The molecule has 0 saturated heterocycles. The molecule has 0 unspecified atom stereocenters. The van der Waals surface area contributed by atoms with Crippen molar-refractivity contribution in [1.29, 1.82) is 0 Å². The van der Waals surface area contributed by atoms with E-state index in [1.165, 1.54) is 19.2 Å². The fourth-order valence-electron chi connectivity index (χ4n) is 1.27. The van der Waals surface area contributed by atoms with Gasteiger partial charge in [-0.2, -0.15) is 13.2 Å². The van der Waals surface area contributed by atoms with Gasteiger partial charge in [-0.15, -0.1) is 0 Å². The summed E-state index contributed by atoms with van der Waals surface area (Å²) in [7, 11) is 1.29. The second-order valence-electron chi connectivity index (χ2n) is 3.36. The van der Waals surface area contributed by atoms with Crippen molar-refractivity contribution in [2.45, 2.75) is 19.1 Å². The van der Waals surface area contributed by atoms with Gasteiger partial charge in [0.15, 0.2) is 0 Å². The van der Waals surface area contributed by atoms with Crippen molar-refractivity contribution in [3.8, 4) is 5.75 Å². The minimum Gasteiger partial charge on any atom is -0.496 e. The number of methoxy groups -OCH3 is 1. The molecule has 0 aliphatic carbocycles. The standard InChI is InChI=1S/C10H11ClF3NO/c1-5-3-8(16-2)6(4-7(5)11)9(15)10(12,13)14/h3-4,9H,15H2,1-2H3/t9-/m0/s1. The number of alkyl halides is 3. The van der Waals surface area contributed by atoms with Gasteiger partial charge in [-0.05, 0) is 24.6 Å². The summed E-state index contributed by atoms with van der Waals surface area (Å²) in [6.07, 6.45) is -4.52. The van der Waals surface area contributed by atoms with E-state index in [0.29, 0.717) is 5.56 Å². The molecule has 90 valence electrons. The summed E-state index contributed by atoms with van der Waals surface area (Å²) < 4.78 is 42.2. The monoisotopic (exact) mass is 253 g/mol. The van der Waals surface area contributed by atoms with E-state index in [0.717, 1.165) is 0 Å². The van der Waals surface area contributed by atoms with Crippen molar-refractivity contribution >= 4 is 11.6 Å². The fourth-order valence-corrected chi connectivity index (χ4v) is 1.44. The molecule has 0 aromatic heterocycles. The summed E-state index contributed by atoms with van der Waals surface area (Å²) in [4.78, 5) is 0. The molecule has 2 N–H and O–H groups in total. The van der Waals surface area contributed by atoms with Gasteiger partial charge in [0.05, 0.1) is 7.11 Å². The third-order valence-electron chi connectivity index (χ3n) is 2.20. The third kappa shape index (κ3) is 2.59. The molecule has 0 aliphatic rings. The van der Waals surface area contributed by atoms with Crippen molar-refractivity contribution in [3.63, 3.8) is 0 Å². The predicted molar refractivity (Wildman–Crippen MR) is 55.7 cm³/mol. The van der Waals surface area contributed by atoms with Gasteiger partial charge < -0.3 is 10.5 Å². The Morgan fingerprint density at radius 3 is 2.38 bits per heavy atom. The quantitative estimate of drug-likeness (QED) is 0.878. The highest BCUT2D eigenvalue weighted by atomic mass is 35.5. The minimum atomic E-state index is -4.52. The summed E-state index contributed by atoms with van der Waals surface area (Å²) >= 11 is 5.76. The maximum Gasteiger partial charge on any atom is 0.407 e. The van der Waals surface area contributed by atoms with E-state index >= 15 is 0 Å². The molecule has 0 saturated carbocycles. The lowest BCUT2D eigenvalue weighted by Crippen LogP contribution is -2.28. The summed E-state index contributed by atoms with van der Waals surface area (Å²) in [5, 5.41) is 0.232. The lowest BCUT2D eigenvalue weighted by Gasteiger charge is -2.19. The molecule has 2 nitrogen and oxygen atoms in total. The lowest BCUT2D eigenvalue weighted by molar-refractivity contribution is -0.149. The molecule has 0 fully saturated rings. The van der Waals surface area contributed by atoms with Crippen LogP contribution in [0.3, 0.4) is 0 Å². The highest BCUT2D eigenvalue weighted by Crippen LogP contribution is 2.37. The summed E-state index contributed by atoms with van der Waals surface area (Å²) in [6.45, 7) is 1.67. The molecule has 1 rings (SSSR count). The van der Waals surface area contributed by atoms with Crippen molar-refractivity contribution in [3.05, 3.63) is 28.3 Å². The summed E-state index contributed by atoms with van der Waals surface area (Å²) in [5.74, 6) is 0.0896. The zero-order valence-corrected chi connectivity index (χ0v) is 9.49. The number of nitrogens with two attached hydrogens (primary N) is 1. The summed E-state index contributed by atoms with van der Waals surface area (Å²) in [5.41, 5.74) is 5.58. The highest BCUT2D eigenvalue weighted by molar-refractivity contribution is 6.31. The van der Waals surface area contributed by atoms with Gasteiger partial charge in [0, 0.05) is 10.6 Å². The summed E-state index contributed by atoms with van der Waals surface area (Å²) in [6, 6.07) is 0.525. The van der Waals surface area contributed by atoms with Crippen LogP contribution in [0.5, 0.6) is 5.75 Å². The minimum absolute atomic E-state index is 0.0896. The number of aryl methyl sites for hydroxylation is 1. The van der Waals surface area contributed by atoms with Crippen LogP contribution in [0, 0.1) is 6.92 Å². The molecule has 1 aromatic rings. The van der Waals surface area contributed by atoms with Crippen LogP contribution in [0.2, 0.25) is 5.02 Å². The molecular weight excluding hydrogens is 243 g/mol. The van der Waals surface area contributed by atoms with Crippen LogP contribution in [0.4, 0.5) is 13.2 Å². The Balaban J connectivity index is 3.27. The average Bonchev–Trinajstić information content (AvgIpc) is 2.19. The van der Waals surface area contributed by atoms with Gasteiger partial charge in [0.2, 0.25) is 0 Å². The molecule has 0 aliphatic heterocycles. The maximum absolute atomic E-state index is 12.5. The fraction of sp³-hybridized carbons (Fsp3) is 0.400. The molecule has 1 aromatic carbocycles. The van der Waals surface area contributed by atoms with Crippen molar-refractivity contribution in [2.75, 3.05) is 7.11 Å². The number of hydrogen-bond donors (Lipinski definition) is 1. The Morgan fingerprint density at radius 2 is 1.94 bits per heavy atom. The second-order valence-corrected chi connectivity index (χ2v) is 3.77. The van der Waals surface area contributed by atoms with E-state index in [1.807, 2.05) is 0 Å². The van der Waals surface area contributed by atoms with Crippen molar-refractivity contribution in [2.24, 2.45) is 5.73 Å². The molecule has 0 bridgehead atoms. The number of rotatable bonds is 2. The van der Waals surface area contributed by atoms with Crippen LogP contribution in [-0.4, -0.2) is 13.3 Å². The first-order valence-electron chi connectivity index (χ1n) is 4.43. The van der Waals surface area contributed by atoms with Gasteiger partial charge in [-0.1, -0.05) is 11.6 Å². The van der Waals surface area contributed by atoms with E-state index in [2.05, 4.69) is 0 Å². The Labute approximate surface area is 96.1 Å². The van der Waals surface area contributed by atoms with Gasteiger partial charge in [-0.25, -0.2) is 0 Å². The Hall–Kier alpha value is -0.940. The Morgan fingerprint density at radius 1 is 1.38 bits per heavy atom. The number of halogens is 4. The number of ether oxygens (including phenoxy) is 1. The average molecular weight is 254 g/mol. The maximum atomic E-state index is 12.5. The van der Waals surface area contributed by atoms with E-state index in [1.54, 1.807) is 6.92 Å². The van der Waals surface area contributed by atoms with Crippen LogP contribution < -0.4 is 10.5 Å². The molecule has 1 atom stereocenters. The van der Waals surface area contributed by atoms with Gasteiger partial charge in [-0.3, -0.25) is 0 Å². The second kappa shape index (κ2) is 4.51. The largest absolute Gasteiger partial charge is 0.496 e. The van der Waals surface area contributed by atoms with Gasteiger partial charge in [0.1, 0.15) is 11.8 Å². The van der Waals surface area contributed by atoms with E-state index in [9.17, 15) is 13.2 Å². The first-order chi connectivity index (χ1) is 7.27. The molecule has 16 heavy (non-hydrogen) atoms. The van der Waals surface area contributed by atoms with Crippen LogP contribution in [0.25, 0.3) is 0 Å². The number of benzene rings is 1. The molecule has 0 heterocycles. The SMILES string of the molecule is COc1cc(C)c(Cl)cc1[C@H](N)C(F)(F)F. The van der Waals surface area contributed by atoms with E-state index < -0.39 is 12.2 Å². The van der Waals surface area contributed by atoms with Crippen LogP contribution in [-0.2, 0) is 0 Å². The molecule has 0 spiro atoms.